The van der Waals surface area contributed by atoms with Crippen molar-refractivity contribution in [2.24, 2.45) is 0 Å². The Morgan fingerprint density at radius 1 is 1.43 bits per heavy atom. The molecule has 112 valence electrons. The summed E-state index contributed by atoms with van der Waals surface area (Å²) < 4.78 is 18.6. The van der Waals surface area contributed by atoms with Crippen LogP contribution in [0.5, 0.6) is 0 Å². The maximum Gasteiger partial charge on any atom is 0.259 e. The molecular formula is C14H15ClFN3O2. The number of halogens is 2. The minimum atomic E-state index is -0.783. The first-order valence-corrected chi connectivity index (χ1v) is 6.67. The Hall–Kier alpha value is -1.95. The van der Waals surface area contributed by atoms with Crippen LogP contribution < -0.4 is 5.32 Å². The third-order valence-corrected chi connectivity index (χ3v) is 3.27. The average molecular weight is 312 g/mol. The molecule has 0 aliphatic carbocycles. The second-order valence-electron chi connectivity index (χ2n) is 5.31. The number of aryl methyl sites for hydroxylation is 1. The van der Waals surface area contributed by atoms with Crippen LogP contribution in [0.3, 0.4) is 0 Å². The molecule has 0 spiro atoms. The van der Waals surface area contributed by atoms with Crippen molar-refractivity contribution in [2.45, 2.75) is 33.2 Å². The highest BCUT2D eigenvalue weighted by Crippen LogP contribution is 2.30. The van der Waals surface area contributed by atoms with Gasteiger partial charge in [0.05, 0.1) is 16.1 Å². The zero-order chi connectivity index (χ0) is 15.8. The average Bonchev–Trinajstić information content (AvgIpc) is 2.82. The lowest BCUT2D eigenvalue weighted by atomic mass is 10.1. The van der Waals surface area contributed by atoms with Gasteiger partial charge in [0, 0.05) is 6.92 Å². The summed E-state index contributed by atoms with van der Waals surface area (Å²) >= 11 is 6.01. The van der Waals surface area contributed by atoms with Gasteiger partial charge in [0.1, 0.15) is 5.82 Å². The standard InChI is InChI=1S/C14H15ClFN3O2/c1-7-5-9(10(15)6-11(7)16)12-17-13(19-21-12)14(3,4)18-8(2)20/h5-6H,1-4H3,(H,18,20). The molecule has 2 rings (SSSR count). The first kappa shape index (κ1) is 15.4. The minimum Gasteiger partial charge on any atom is -0.344 e. The number of aromatic nitrogens is 2. The monoisotopic (exact) mass is 311 g/mol. The Balaban J connectivity index is 2.41. The lowest BCUT2D eigenvalue weighted by Crippen LogP contribution is -2.40. The van der Waals surface area contributed by atoms with Gasteiger partial charge in [0.25, 0.3) is 5.89 Å². The summed E-state index contributed by atoms with van der Waals surface area (Å²) in [7, 11) is 0. The molecule has 1 aromatic carbocycles. The molecule has 2 aromatic rings. The number of hydrogen-bond donors (Lipinski definition) is 1. The van der Waals surface area contributed by atoms with Gasteiger partial charge in [0.2, 0.25) is 5.91 Å². The van der Waals surface area contributed by atoms with Crippen molar-refractivity contribution in [2.75, 3.05) is 0 Å². The lowest BCUT2D eigenvalue weighted by molar-refractivity contribution is -0.120. The quantitative estimate of drug-likeness (QED) is 0.945. The van der Waals surface area contributed by atoms with Gasteiger partial charge in [-0.1, -0.05) is 16.8 Å². The second kappa shape index (κ2) is 5.44. The lowest BCUT2D eigenvalue weighted by Gasteiger charge is -2.20. The molecular weight excluding hydrogens is 297 g/mol. The summed E-state index contributed by atoms with van der Waals surface area (Å²) in [6.07, 6.45) is 0. The third-order valence-electron chi connectivity index (χ3n) is 2.95. The smallest absolute Gasteiger partial charge is 0.259 e. The van der Waals surface area contributed by atoms with Gasteiger partial charge in [-0.05, 0) is 38.5 Å². The predicted octanol–water partition coefficient (Wildman–Crippen LogP) is 3.21. The number of hydrogen-bond acceptors (Lipinski definition) is 4. The molecule has 7 heteroatoms. The predicted molar refractivity (Wildman–Crippen MR) is 76.3 cm³/mol. The van der Waals surface area contributed by atoms with E-state index in [2.05, 4.69) is 15.5 Å². The SMILES string of the molecule is CC(=O)NC(C)(C)c1noc(-c2cc(C)c(F)cc2Cl)n1. The Kier molecular flexibility index (Phi) is 4.00. The highest BCUT2D eigenvalue weighted by Gasteiger charge is 2.28. The van der Waals surface area contributed by atoms with E-state index in [4.69, 9.17) is 16.1 Å². The molecule has 1 amide bonds. The molecule has 0 saturated heterocycles. The number of carbonyl (C=O) groups is 1. The Labute approximate surface area is 126 Å². The van der Waals surface area contributed by atoms with Crippen LogP contribution in [-0.2, 0) is 10.3 Å². The van der Waals surface area contributed by atoms with Crippen LogP contribution in [0.15, 0.2) is 16.7 Å². The molecule has 0 radical (unpaired) electrons. The van der Waals surface area contributed by atoms with E-state index in [9.17, 15) is 9.18 Å². The molecule has 1 heterocycles. The fourth-order valence-corrected chi connectivity index (χ4v) is 2.14. The van der Waals surface area contributed by atoms with E-state index in [-0.39, 0.29) is 16.8 Å². The summed E-state index contributed by atoms with van der Waals surface area (Å²) in [5.74, 6) is -0.119. The number of benzene rings is 1. The van der Waals surface area contributed by atoms with Crippen molar-refractivity contribution in [1.29, 1.82) is 0 Å². The molecule has 0 aliphatic rings. The topological polar surface area (TPSA) is 68.0 Å². The fraction of sp³-hybridized carbons (Fsp3) is 0.357. The zero-order valence-corrected chi connectivity index (χ0v) is 12.9. The molecule has 0 bridgehead atoms. The van der Waals surface area contributed by atoms with E-state index in [1.807, 2.05) is 0 Å². The Morgan fingerprint density at radius 2 is 2.10 bits per heavy atom. The number of amides is 1. The van der Waals surface area contributed by atoms with Crippen LogP contribution in [0.1, 0.15) is 32.2 Å². The van der Waals surface area contributed by atoms with Crippen LogP contribution in [0.2, 0.25) is 5.02 Å². The Morgan fingerprint density at radius 3 is 2.71 bits per heavy atom. The number of nitrogens with zero attached hydrogens (tertiary/aromatic N) is 2. The normalized spacial score (nSPS) is 11.5. The van der Waals surface area contributed by atoms with Gasteiger partial charge in [-0.2, -0.15) is 4.98 Å². The van der Waals surface area contributed by atoms with E-state index in [0.717, 1.165) is 0 Å². The number of carbonyl (C=O) groups excluding carboxylic acids is 1. The van der Waals surface area contributed by atoms with Crippen molar-refractivity contribution >= 4 is 17.5 Å². The number of rotatable bonds is 3. The maximum atomic E-state index is 13.4. The first-order chi connectivity index (χ1) is 9.70. The van der Waals surface area contributed by atoms with Gasteiger partial charge < -0.3 is 9.84 Å². The summed E-state index contributed by atoms with van der Waals surface area (Å²) in [4.78, 5) is 15.4. The van der Waals surface area contributed by atoms with Gasteiger partial charge >= 0.3 is 0 Å². The van der Waals surface area contributed by atoms with Gasteiger partial charge in [-0.3, -0.25) is 4.79 Å². The summed E-state index contributed by atoms with van der Waals surface area (Å²) in [6, 6.07) is 2.75. The zero-order valence-electron chi connectivity index (χ0n) is 12.1. The van der Waals surface area contributed by atoms with E-state index >= 15 is 0 Å². The maximum absolute atomic E-state index is 13.4. The molecule has 1 N–H and O–H groups in total. The molecule has 0 fully saturated rings. The van der Waals surface area contributed by atoms with E-state index in [0.29, 0.717) is 17.0 Å². The minimum absolute atomic E-state index is 0.177. The van der Waals surface area contributed by atoms with Crippen molar-refractivity contribution in [3.05, 3.63) is 34.4 Å². The number of nitrogens with one attached hydrogen (secondary N) is 1. The van der Waals surface area contributed by atoms with Gasteiger partial charge in [0.15, 0.2) is 5.82 Å². The molecule has 0 aliphatic heterocycles. The fourth-order valence-electron chi connectivity index (χ4n) is 1.90. The van der Waals surface area contributed by atoms with Crippen molar-refractivity contribution < 1.29 is 13.7 Å². The molecule has 0 unspecified atom stereocenters. The van der Waals surface area contributed by atoms with E-state index in [1.54, 1.807) is 26.8 Å². The molecule has 5 nitrogen and oxygen atoms in total. The summed E-state index contributed by atoms with van der Waals surface area (Å²) in [5.41, 5.74) is 0.0954. The van der Waals surface area contributed by atoms with Crippen molar-refractivity contribution in [1.82, 2.24) is 15.5 Å². The highest BCUT2D eigenvalue weighted by atomic mass is 35.5. The van der Waals surface area contributed by atoms with Gasteiger partial charge in [-0.15, -0.1) is 0 Å². The molecule has 0 saturated carbocycles. The summed E-state index contributed by atoms with van der Waals surface area (Å²) in [5, 5.41) is 6.76. The van der Waals surface area contributed by atoms with Crippen LogP contribution in [0.25, 0.3) is 11.5 Å². The molecule has 0 atom stereocenters. The molecule has 1 aromatic heterocycles. The Bertz CT molecular complexity index is 698. The van der Waals surface area contributed by atoms with E-state index < -0.39 is 11.4 Å². The second-order valence-corrected chi connectivity index (χ2v) is 5.72. The highest BCUT2D eigenvalue weighted by molar-refractivity contribution is 6.33. The van der Waals surface area contributed by atoms with Crippen LogP contribution >= 0.6 is 11.6 Å². The van der Waals surface area contributed by atoms with E-state index in [1.165, 1.54) is 13.0 Å². The van der Waals surface area contributed by atoms with Crippen LogP contribution in [0, 0.1) is 12.7 Å². The summed E-state index contributed by atoms with van der Waals surface area (Å²) in [6.45, 7) is 6.53. The van der Waals surface area contributed by atoms with Crippen LogP contribution in [0.4, 0.5) is 4.39 Å². The van der Waals surface area contributed by atoms with Crippen LogP contribution in [-0.4, -0.2) is 16.0 Å². The van der Waals surface area contributed by atoms with Gasteiger partial charge in [-0.25, -0.2) is 4.39 Å². The van der Waals surface area contributed by atoms with Crippen molar-refractivity contribution in [3.63, 3.8) is 0 Å². The third kappa shape index (κ3) is 3.21. The van der Waals surface area contributed by atoms with Crippen molar-refractivity contribution in [3.8, 4) is 11.5 Å². The largest absolute Gasteiger partial charge is 0.344 e. The molecule has 21 heavy (non-hydrogen) atoms. The first-order valence-electron chi connectivity index (χ1n) is 6.29.